The van der Waals surface area contributed by atoms with Gasteiger partial charge in [-0.1, -0.05) is 134 Å². The van der Waals surface area contributed by atoms with Crippen LogP contribution in [0.5, 0.6) is 5.75 Å². The van der Waals surface area contributed by atoms with E-state index in [1.54, 1.807) is 18.2 Å². The Kier molecular flexibility index (Phi) is 20.1. The maximum atomic E-state index is 14.7. The highest BCUT2D eigenvalue weighted by Gasteiger charge is 2.48. The van der Waals surface area contributed by atoms with Gasteiger partial charge in [-0.3, -0.25) is 13.9 Å². The average Bonchev–Trinajstić information content (AvgIpc) is 3.80. The van der Waals surface area contributed by atoms with Crippen molar-refractivity contribution < 1.29 is 46.2 Å². The van der Waals surface area contributed by atoms with Crippen LogP contribution in [0, 0.1) is 17.7 Å². The number of ether oxygens (including phenoxy) is 2. The fourth-order valence-electron chi connectivity index (χ4n) is 7.84. The van der Waals surface area contributed by atoms with Gasteiger partial charge in [0.1, 0.15) is 35.3 Å². The number of aliphatic hydroxyl groups excluding tert-OH is 1. The van der Waals surface area contributed by atoms with Crippen LogP contribution in [-0.2, 0) is 29.8 Å². The van der Waals surface area contributed by atoms with Gasteiger partial charge in [0.2, 0.25) is 0 Å². The molecule has 0 radical (unpaired) electrons. The van der Waals surface area contributed by atoms with Gasteiger partial charge in [0, 0.05) is 12.5 Å². The summed E-state index contributed by atoms with van der Waals surface area (Å²) in [5.74, 6) is -2.58. The molecule has 1 aliphatic rings. The topological polar surface area (TPSA) is 173 Å². The van der Waals surface area contributed by atoms with Crippen LogP contribution in [0.1, 0.15) is 148 Å². The Morgan fingerprint density at radius 1 is 0.905 bits per heavy atom. The van der Waals surface area contributed by atoms with Crippen LogP contribution in [0.2, 0.25) is 0 Å². The van der Waals surface area contributed by atoms with Gasteiger partial charge < -0.3 is 24.8 Å². The lowest BCUT2D eigenvalue weighted by Gasteiger charge is -2.31. The fraction of sp³-hybridized carbons (Fsp3) is 0.609. The summed E-state index contributed by atoms with van der Waals surface area (Å²) >= 11 is 0. The summed E-state index contributed by atoms with van der Waals surface area (Å²) in [4.78, 5) is 25.2. The lowest BCUT2D eigenvalue weighted by atomic mass is 10.0. The number of nitrogens with one attached hydrogen (secondary N) is 1. The molecule has 1 saturated heterocycles. The van der Waals surface area contributed by atoms with Crippen LogP contribution in [0.15, 0.2) is 54.9 Å². The van der Waals surface area contributed by atoms with E-state index < -0.39 is 62.0 Å². The molecule has 0 aliphatic carbocycles. The molecule has 2 aromatic heterocycles. The number of para-hydroxylation sites is 1. The van der Waals surface area contributed by atoms with E-state index in [0.29, 0.717) is 12.5 Å². The van der Waals surface area contributed by atoms with Gasteiger partial charge in [-0.25, -0.2) is 18.3 Å². The summed E-state index contributed by atoms with van der Waals surface area (Å²) in [5.41, 5.74) is 4.58. The summed E-state index contributed by atoms with van der Waals surface area (Å²) in [6.07, 6.45) is 19.8. The van der Waals surface area contributed by atoms with Gasteiger partial charge in [0.25, 0.3) is 0 Å². The van der Waals surface area contributed by atoms with Crippen LogP contribution in [0.3, 0.4) is 0 Å². The van der Waals surface area contributed by atoms with Crippen molar-refractivity contribution in [2.24, 2.45) is 0 Å². The molecule has 63 heavy (non-hydrogen) atoms. The number of hydrogen-bond donors (Lipinski definition) is 3. The van der Waals surface area contributed by atoms with Gasteiger partial charge in [-0.05, 0) is 49.6 Å². The minimum Gasteiger partial charge on any atom is -0.465 e. The monoisotopic (exact) mass is 902 g/mol. The summed E-state index contributed by atoms with van der Waals surface area (Å²) in [6.45, 7) is 3.33. The normalized spacial score (nSPS) is 19.0. The molecule has 1 aliphatic heterocycles. The fourth-order valence-corrected chi connectivity index (χ4v) is 9.42. The van der Waals surface area contributed by atoms with Crippen molar-refractivity contribution in [1.29, 1.82) is 0 Å². The number of unbranched alkanes of at least 4 members (excludes halogenated alkanes) is 17. The number of anilines is 1. The smallest absolute Gasteiger partial charge is 0.459 e. The van der Waals surface area contributed by atoms with Gasteiger partial charge in [0.05, 0.1) is 25.6 Å². The molecule has 4 aromatic rings. The van der Waals surface area contributed by atoms with Gasteiger partial charge in [-0.2, -0.15) is 19.4 Å². The molecule has 0 bridgehead atoms. The summed E-state index contributed by atoms with van der Waals surface area (Å²) in [7, 11) is -4.58. The minimum atomic E-state index is -4.58. The summed E-state index contributed by atoms with van der Waals surface area (Å²) in [6, 6.07) is 9.47. The van der Waals surface area contributed by atoms with E-state index in [4.69, 9.17) is 24.3 Å². The van der Waals surface area contributed by atoms with Crippen molar-refractivity contribution in [1.82, 2.24) is 24.6 Å². The number of benzene rings is 2. The highest BCUT2D eigenvalue weighted by molar-refractivity contribution is 7.52. The predicted octanol–water partition coefficient (Wildman–Crippen LogP) is 10.9. The Labute approximate surface area is 369 Å². The molecule has 13 nitrogen and oxygen atoms in total. The molecule has 2 aromatic carbocycles. The third kappa shape index (κ3) is 16.1. The number of aliphatic hydroxyl groups is 1. The van der Waals surface area contributed by atoms with E-state index in [1.807, 2.05) is 0 Å². The van der Waals surface area contributed by atoms with Gasteiger partial charge in [0.15, 0.2) is 17.0 Å². The molecule has 1 fully saturated rings. The third-order valence-electron chi connectivity index (χ3n) is 11.5. The molecule has 0 amide bonds. The standard InChI is InChI=1S/C46H66F3N6O7P/c1-3-4-5-6-7-8-9-10-11-12-13-14-15-16-17-18-19-23-26-59-44(57)38(29-34-27-35(47)30-36(48)28-34)54-63(58,62-37-24-21-20-22-25-37)60-32-46(2)39(56)31-40(61-46)55-33-51-41-42(50)52-45(49)53-43(41)55/h20-22,24-25,27-28,30,33,38-40,56H,3-19,23,26,29,31-32H2,1-2H3,(H,54,58)(H2,50,52,53)/t38-,39-,40+,46+,63?/m0/s1. The lowest BCUT2D eigenvalue weighted by molar-refractivity contribution is -0.146. The highest BCUT2D eigenvalue weighted by Crippen LogP contribution is 2.48. The molecule has 1 unspecified atom stereocenters. The van der Waals surface area contributed by atoms with Crippen molar-refractivity contribution in [3.05, 3.63) is 78.1 Å². The molecule has 17 heteroatoms. The summed E-state index contributed by atoms with van der Waals surface area (Å²) in [5, 5.41) is 13.9. The van der Waals surface area contributed by atoms with E-state index in [9.17, 15) is 27.6 Å². The number of rotatable bonds is 30. The van der Waals surface area contributed by atoms with Gasteiger partial charge in [-0.15, -0.1) is 0 Å². The van der Waals surface area contributed by atoms with Crippen molar-refractivity contribution in [3.8, 4) is 5.75 Å². The van der Waals surface area contributed by atoms with Crippen molar-refractivity contribution >= 4 is 30.7 Å². The third-order valence-corrected chi connectivity index (χ3v) is 13.0. The van der Waals surface area contributed by atoms with Crippen LogP contribution in [0.4, 0.5) is 19.0 Å². The molecule has 0 spiro atoms. The molecule has 5 rings (SSSR count). The number of fused-ring (bicyclic) bond motifs is 1. The number of halogens is 3. The molecule has 0 saturated carbocycles. The largest absolute Gasteiger partial charge is 0.465 e. The molecular formula is C46H66F3N6O7P. The number of carbonyl (C=O) groups is 1. The first-order valence-corrected chi connectivity index (χ1v) is 24.3. The average molecular weight is 903 g/mol. The Morgan fingerprint density at radius 3 is 2.06 bits per heavy atom. The number of imidazole rings is 1. The first-order valence-electron chi connectivity index (χ1n) is 22.8. The zero-order valence-corrected chi connectivity index (χ0v) is 37.7. The predicted molar refractivity (Wildman–Crippen MR) is 236 cm³/mol. The van der Waals surface area contributed by atoms with Gasteiger partial charge >= 0.3 is 19.8 Å². The Morgan fingerprint density at radius 2 is 1.48 bits per heavy atom. The molecular weight excluding hydrogens is 837 g/mol. The first kappa shape index (κ1) is 49.9. The zero-order valence-electron chi connectivity index (χ0n) is 36.8. The van der Waals surface area contributed by atoms with E-state index in [1.165, 1.54) is 113 Å². The van der Waals surface area contributed by atoms with Crippen molar-refractivity contribution in [2.75, 3.05) is 18.9 Å². The maximum absolute atomic E-state index is 14.7. The zero-order chi connectivity index (χ0) is 45.1. The maximum Gasteiger partial charge on any atom is 0.459 e. The molecule has 348 valence electrons. The number of nitrogens with zero attached hydrogens (tertiary/aromatic N) is 4. The quantitative estimate of drug-likeness (QED) is 0.0196. The number of esters is 1. The van der Waals surface area contributed by atoms with Crippen LogP contribution in [-0.4, -0.2) is 61.6 Å². The Bertz CT molecular complexity index is 2030. The van der Waals surface area contributed by atoms with Crippen molar-refractivity contribution in [2.45, 2.75) is 166 Å². The number of nitrogens with two attached hydrogens (primary N) is 1. The molecule has 4 N–H and O–H groups in total. The Hall–Kier alpha value is -4.08. The highest BCUT2D eigenvalue weighted by atomic mass is 31.2. The van der Waals surface area contributed by atoms with Crippen molar-refractivity contribution in [3.63, 3.8) is 0 Å². The minimum absolute atomic E-state index is 0.0202. The second-order valence-corrected chi connectivity index (χ2v) is 18.5. The van der Waals surface area contributed by atoms with Crippen LogP contribution in [0.25, 0.3) is 11.2 Å². The molecule has 5 atom stereocenters. The Balaban J connectivity index is 1.13. The van der Waals surface area contributed by atoms with E-state index in [2.05, 4.69) is 27.0 Å². The van der Waals surface area contributed by atoms with Crippen LogP contribution < -0.4 is 15.3 Å². The summed E-state index contributed by atoms with van der Waals surface area (Å²) < 4.78 is 82.5. The lowest BCUT2D eigenvalue weighted by Crippen LogP contribution is -2.43. The van der Waals surface area contributed by atoms with E-state index in [0.717, 1.165) is 37.8 Å². The number of aromatic nitrogens is 4. The molecule has 3 heterocycles. The second-order valence-electron chi connectivity index (χ2n) is 16.9. The second kappa shape index (κ2) is 25.4. The van der Waals surface area contributed by atoms with Crippen LogP contribution >= 0.6 is 7.75 Å². The van der Waals surface area contributed by atoms with E-state index >= 15 is 0 Å². The number of carbonyl (C=O) groups excluding carboxylic acids is 1. The SMILES string of the molecule is CCCCCCCCCCCCCCCCCCCCOC(=O)[C@H](Cc1cc(F)cc(F)c1)NP(=O)(OC[C@@]1(C)O[C@@H](n2cnc3c(N)nc(F)nc32)C[C@@H]1O)Oc1ccccc1. The number of hydrogen-bond acceptors (Lipinski definition) is 11. The number of nitrogen functional groups attached to an aromatic ring is 1. The van der Waals surface area contributed by atoms with E-state index in [-0.39, 0.29) is 47.7 Å². The first-order chi connectivity index (χ1) is 30.4.